The summed E-state index contributed by atoms with van der Waals surface area (Å²) in [6, 6.07) is 5.61. The van der Waals surface area contributed by atoms with Gasteiger partial charge in [-0.25, -0.2) is 4.98 Å². The summed E-state index contributed by atoms with van der Waals surface area (Å²) in [4.78, 5) is 15.2. The number of ether oxygens (including phenoxy) is 1. The van der Waals surface area contributed by atoms with E-state index in [-0.39, 0.29) is 5.97 Å². The second-order valence-electron chi connectivity index (χ2n) is 3.09. The van der Waals surface area contributed by atoms with Crippen LogP contribution in [0.4, 0.5) is 0 Å². The Kier molecular flexibility index (Phi) is 4.80. The van der Waals surface area contributed by atoms with E-state index >= 15 is 0 Å². The molecule has 0 aliphatic rings. The smallest absolute Gasteiger partial charge is 0.306 e. The zero-order chi connectivity index (χ0) is 12.0. The van der Waals surface area contributed by atoms with Crippen LogP contribution in [-0.4, -0.2) is 23.8 Å². The molecule has 0 bridgehead atoms. The van der Waals surface area contributed by atoms with E-state index in [2.05, 4.69) is 15.8 Å². The highest BCUT2D eigenvalue weighted by atomic mass is 32.2. The van der Waals surface area contributed by atoms with Crippen LogP contribution in [0.3, 0.4) is 0 Å². The van der Waals surface area contributed by atoms with Crippen molar-refractivity contribution in [1.29, 1.82) is 5.26 Å². The highest BCUT2D eigenvalue weighted by Crippen LogP contribution is 2.21. The molecule has 4 nitrogen and oxygen atoms in total. The third-order valence-electron chi connectivity index (χ3n) is 1.89. The van der Waals surface area contributed by atoms with Gasteiger partial charge in [-0.3, -0.25) is 4.79 Å². The lowest BCUT2D eigenvalue weighted by Crippen LogP contribution is -2.01. The summed E-state index contributed by atoms with van der Waals surface area (Å²) in [6.07, 6.45) is 0.321. The average Bonchev–Trinajstić information content (AvgIpc) is 2.29. The zero-order valence-electron chi connectivity index (χ0n) is 9.19. The maximum absolute atomic E-state index is 10.9. The SMILES string of the molecule is COC(=O)CCSc1nc(C)ccc1C#N. The van der Waals surface area contributed by atoms with E-state index in [9.17, 15) is 4.79 Å². The number of thioether (sulfide) groups is 1. The summed E-state index contributed by atoms with van der Waals surface area (Å²) in [5.41, 5.74) is 1.40. The summed E-state index contributed by atoms with van der Waals surface area (Å²) in [6.45, 7) is 1.87. The predicted molar refractivity (Wildman–Crippen MR) is 61.0 cm³/mol. The van der Waals surface area contributed by atoms with Gasteiger partial charge in [0.1, 0.15) is 11.1 Å². The van der Waals surface area contributed by atoms with Gasteiger partial charge in [-0.2, -0.15) is 5.26 Å². The van der Waals surface area contributed by atoms with Crippen molar-refractivity contribution >= 4 is 17.7 Å². The first-order chi connectivity index (χ1) is 7.67. The fraction of sp³-hybridized carbons (Fsp3) is 0.364. The second kappa shape index (κ2) is 6.13. The van der Waals surface area contributed by atoms with Gasteiger partial charge in [-0.1, -0.05) is 0 Å². The number of pyridine rings is 1. The van der Waals surface area contributed by atoms with Gasteiger partial charge in [-0.05, 0) is 19.1 Å². The number of rotatable bonds is 4. The molecule has 16 heavy (non-hydrogen) atoms. The van der Waals surface area contributed by atoms with Gasteiger partial charge in [0.05, 0.1) is 19.1 Å². The van der Waals surface area contributed by atoms with Gasteiger partial charge in [0.15, 0.2) is 0 Å². The first kappa shape index (κ1) is 12.5. The molecule has 1 aromatic rings. The number of methoxy groups -OCH3 is 1. The first-order valence-corrected chi connectivity index (χ1v) is 5.73. The van der Waals surface area contributed by atoms with E-state index in [0.29, 0.717) is 22.8 Å². The molecule has 1 aromatic heterocycles. The van der Waals surface area contributed by atoms with Crippen molar-refractivity contribution in [1.82, 2.24) is 4.98 Å². The van der Waals surface area contributed by atoms with Crippen LogP contribution < -0.4 is 0 Å². The van der Waals surface area contributed by atoms with Crippen molar-refractivity contribution in [3.63, 3.8) is 0 Å². The Morgan fingerprint density at radius 1 is 1.62 bits per heavy atom. The Morgan fingerprint density at radius 2 is 2.38 bits per heavy atom. The minimum atomic E-state index is -0.251. The molecule has 0 atom stereocenters. The van der Waals surface area contributed by atoms with Crippen LogP contribution in [0.1, 0.15) is 17.7 Å². The van der Waals surface area contributed by atoms with E-state index in [0.717, 1.165) is 5.69 Å². The van der Waals surface area contributed by atoms with Crippen LogP contribution >= 0.6 is 11.8 Å². The van der Waals surface area contributed by atoms with Gasteiger partial charge < -0.3 is 4.74 Å². The van der Waals surface area contributed by atoms with Crippen molar-refractivity contribution in [3.8, 4) is 6.07 Å². The Hall–Kier alpha value is -1.54. The van der Waals surface area contributed by atoms with E-state index < -0.39 is 0 Å². The average molecular weight is 236 g/mol. The topological polar surface area (TPSA) is 63.0 Å². The largest absolute Gasteiger partial charge is 0.469 e. The molecule has 0 aliphatic heterocycles. The van der Waals surface area contributed by atoms with Crippen LogP contribution in [0.25, 0.3) is 0 Å². The third-order valence-corrected chi connectivity index (χ3v) is 2.89. The molecule has 84 valence electrons. The quantitative estimate of drug-likeness (QED) is 0.590. The zero-order valence-corrected chi connectivity index (χ0v) is 10.0. The highest BCUT2D eigenvalue weighted by molar-refractivity contribution is 7.99. The van der Waals surface area contributed by atoms with Crippen LogP contribution in [0.15, 0.2) is 17.2 Å². The van der Waals surface area contributed by atoms with Crippen molar-refractivity contribution in [3.05, 3.63) is 23.4 Å². The lowest BCUT2D eigenvalue weighted by Gasteiger charge is -2.03. The summed E-state index contributed by atoms with van der Waals surface area (Å²) in [5.74, 6) is 0.316. The first-order valence-electron chi connectivity index (χ1n) is 4.74. The Bertz CT molecular complexity index is 426. The molecular formula is C11H12N2O2S. The molecule has 0 saturated heterocycles. The van der Waals surface area contributed by atoms with Crippen molar-refractivity contribution in [2.75, 3.05) is 12.9 Å². The summed E-state index contributed by atoms with van der Waals surface area (Å²) >= 11 is 1.40. The molecule has 0 fully saturated rings. The normalized spacial score (nSPS) is 9.56. The number of carbonyl (C=O) groups is 1. The van der Waals surface area contributed by atoms with Crippen LogP contribution in [0.2, 0.25) is 0 Å². The minimum absolute atomic E-state index is 0.251. The summed E-state index contributed by atoms with van der Waals surface area (Å²) in [7, 11) is 1.36. The molecule has 5 heteroatoms. The number of aromatic nitrogens is 1. The number of aryl methyl sites for hydroxylation is 1. The lowest BCUT2D eigenvalue weighted by atomic mass is 10.3. The molecule has 0 spiro atoms. The summed E-state index contributed by atoms with van der Waals surface area (Å²) < 4.78 is 4.53. The Balaban J connectivity index is 2.63. The molecule has 0 aromatic carbocycles. The van der Waals surface area contributed by atoms with Crippen molar-refractivity contribution in [2.24, 2.45) is 0 Å². The molecule has 0 amide bonds. The molecule has 0 N–H and O–H groups in total. The van der Waals surface area contributed by atoms with Crippen LogP contribution in [0.5, 0.6) is 0 Å². The number of hydrogen-bond donors (Lipinski definition) is 0. The monoisotopic (exact) mass is 236 g/mol. The highest BCUT2D eigenvalue weighted by Gasteiger charge is 2.06. The van der Waals surface area contributed by atoms with E-state index in [1.54, 1.807) is 12.1 Å². The van der Waals surface area contributed by atoms with Gasteiger partial charge in [-0.15, -0.1) is 11.8 Å². The van der Waals surface area contributed by atoms with Crippen molar-refractivity contribution < 1.29 is 9.53 Å². The van der Waals surface area contributed by atoms with E-state index in [1.807, 2.05) is 6.92 Å². The molecule has 0 unspecified atom stereocenters. The third kappa shape index (κ3) is 3.55. The minimum Gasteiger partial charge on any atom is -0.469 e. The standard InChI is InChI=1S/C11H12N2O2S/c1-8-3-4-9(7-12)11(13-8)16-6-5-10(14)15-2/h3-4H,5-6H2,1-2H3. The fourth-order valence-electron chi connectivity index (χ4n) is 1.06. The number of nitrogens with zero attached hydrogens (tertiary/aromatic N) is 2. The van der Waals surface area contributed by atoms with Crippen molar-refractivity contribution in [2.45, 2.75) is 18.4 Å². The Morgan fingerprint density at radius 3 is 3.00 bits per heavy atom. The number of nitriles is 1. The van der Waals surface area contributed by atoms with E-state index in [4.69, 9.17) is 5.26 Å². The molecule has 1 heterocycles. The van der Waals surface area contributed by atoms with Gasteiger partial charge >= 0.3 is 5.97 Å². The van der Waals surface area contributed by atoms with Crippen LogP contribution in [0, 0.1) is 18.3 Å². The molecule has 0 saturated carbocycles. The maximum Gasteiger partial charge on any atom is 0.306 e. The molecule has 0 aliphatic carbocycles. The predicted octanol–water partition coefficient (Wildman–Crippen LogP) is 1.92. The Labute approximate surface area is 98.6 Å². The number of hydrogen-bond acceptors (Lipinski definition) is 5. The molecule has 1 rings (SSSR count). The number of carbonyl (C=O) groups excluding carboxylic acids is 1. The fourth-order valence-corrected chi connectivity index (χ4v) is 2.00. The van der Waals surface area contributed by atoms with Gasteiger partial charge in [0.25, 0.3) is 0 Å². The van der Waals surface area contributed by atoms with Crippen LogP contribution in [-0.2, 0) is 9.53 Å². The molecule has 0 radical (unpaired) electrons. The van der Waals surface area contributed by atoms with E-state index in [1.165, 1.54) is 18.9 Å². The van der Waals surface area contributed by atoms with Gasteiger partial charge in [0, 0.05) is 11.4 Å². The second-order valence-corrected chi connectivity index (χ2v) is 4.18. The lowest BCUT2D eigenvalue weighted by molar-refractivity contribution is -0.140. The molecular weight excluding hydrogens is 224 g/mol. The number of esters is 1. The summed E-state index contributed by atoms with van der Waals surface area (Å²) in [5, 5.41) is 9.54. The maximum atomic E-state index is 10.9. The van der Waals surface area contributed by atoms with Gasteiger partial charge in [0.2, 0.25) is 0 Å².